The first-order valence-corrected chi connectivity index (χ1v) is 9.04. The third-order valence-corrected chi connectivity index (χ3v) is 4.91. The van der Waals surface area contributed by atoms with Crippen molar-refractivity contribution < 1.29 is 0 Å². The van der Waals surface area contributed by atoms with Gasteiger partial charge in [-0.05, 0) is 25.8 Å². The molecule has 1 saturated carbocycles. The monoisotopic (exact) mass is 267 g/mol. The molecule has 19 heavy (non-hydrogen) atoms. The molecule has 1 aliphatic carbocycles. The molecule has 1 N–H and O–H groups in total. The topological polar surface area (TPSA) is 12.0 Å². The van der Waals surface area contributed by atoms with Gasteiger partial charge in [-0.3, -0.25) is 0 Å². The van der Waals surface area contributed by atoms with Crippen molar-refractivity contribution in [1.29, 1.82) is 0 Å². The van der Waals surface area contributed by atoms with E-state index in [1.165, 1.54) is 89.9 Å². The molecule has 1 aliphatic rings. The van der Waals surface area contributed by atoms with Gasteiger partial charge < -0.3 is 5.32 Å². The molecule has 0 radical (unpaired) electrons. The highest BCUT2D eigenvalue weighted by molar-refractivity contribution is 4.73. The van der Waals surface area contributed by atoms with Gasteiger partial charge in [0.25, 0.3) is 0 Å². The van der Waals surface area contributed by atoms with Crippen LogP contribution in [0.5, 0.6) is 0 Å². The van der Waals surface area contributed by atoms with Crippen molar-refractivity contribution in [2.75, 3.05) is 7.05 Å². The third kappa shape index (κ3) is 8.68. The van der Waals surface area contributed by atoms with Crippen molar-refractivity contribution in [1.82, 2.24) is 5.32 Å². The van der Waals surface area contributed by atoms with Crippen LogP contribution in [0.15, 0.2) is 0 Å². The second-order valence-electron chi connectivity index (χ2n) is 6.64. The molecular weight excluding hydrogens is 230 g/mol. The van der Waals surface area contributed by atoms with Crippen LogP contribution < -0.4 is 5.32 Å². The first-order chi connectivity index (χ1) is 9.36. The molecule has 0 aromatic carbocycles. The summed E-state index contributed by atoms with van der Waals surface area (Å²) in [5.41, 5.74) is 0. The van der Waals surface area contributed by atoms with Crippen molar-refractivity contribution in [3.63, 3.8) is 0 Å². The first kappa shape index (κ1) is 17.0. The highest BCUT2D eigenvalue weighted by Crippen LogP contribution is 2.27. The molecule has 0 aromatic heterocycles. The zero-order chi connectivity index (χ0) is 13.8. The van der Waals surface area contributed by atoms with E-state index in [4.69, 9.17) is 0 Å². The molecule has 0 aliphatic heterocycles. The van der Waals surface area contributed by atoms with E-state index >= 15 is 0 Å². The number of hydrogen-bond acceptors (Lipinski definition) is 1. The summed E-state index contributed by atoms with van der Waals surface area (Å²) in [5, 5.41) is 3.57. The van der Waals surface area contributed by atoms with Gasteiger partial charge in [0.05, 0.1) is 0 Å². The van der Waals surface area contributed by atoms with Crippen LogP contribution in [0.2, 0.25) is 0 Å². The van der Waals surface area contributed by atoms with Gasteiger partial charge in [-0.25, -0.2) is 0 Å². The standard InChI is InChI=1S/C18H37N/c1-3-4-5-6-7-12-15-18(19-2)16-17-13-10-8-9-11-14-17/h17-19H,3-16H2,1-2H3. The highest BCUT2D eigenvalue weighted by atomic mass is 14.9. The average Bonchev–Trinajstić information content (AvgIpc) is 2.70. The quantitative estimate of drug-likeness (QED) is 0.396. The fourth-order valence-corrected chi connectivity index (χ4v) is 3.55. The van der Waals surface area contributed by atoms with E-state index in [0.717, 1.165) is 12.0 Å². The number of hydrogen-bond donors (Lipinski definition) is 1. The summed E-state index contributed by atoms with van der Waals surface area (Å²) in [5.74, 6) is 1.01. The summed E-state index contributed by atoms with van der Waals surface area (Å²) in [7, 11) is 2.17. The molecule has 0 bridgehead atoms. The van der Waals surface area contributed by atoms with Crippen LogP contribution in [0.1, 0.15) is 96.8 Å². The van der Waals surface area contributed by atoms with Crippen LogP contribution in [-0.4, -0.2) is 13.1 Å². The zero-order valence-corrected chi connectivity index (χ0v) is 13.6. The van der Waals surface area contributed by atoms with Gasteiger partial charge in [-0.1, -0.05) is 84.0 Å². The Morgan fingerprint density at radius 2 is 1.53 bits per heavy atom. The van der Waals surface area contributed by atoms with Crippen molar-refractivity contribution in [2.45, 2.75) is 103 Å². The lowest BCUT2D eigenvalue weighted by Crippen LogP contribution is -2.27. The van der Waals surface area contributed by atoms with Crippen LogP contribution in [0.4, 0.5) is 0 Å². The maximum absolute atomic E-state index is 3.57. The Morgan fingerprint density at radius 3 is 2.16 bits per heavy atom. The molecule has 1 rings (SSSR count). The van der Waals surface area contributed by atoms with Gasteiger partial charge in [0.15, 0.2) is 0 Å². The van der Waals surface area contributed by atoms with Crippen LogP contribution in [-0.2, 0) is 0 Å². The maximum atomic E-state index is 3.57. The van der Waals surface area contributed by atoms with Gasteiger partial charge in [0.1, 0.15) is 0 Å². The van der Waals surface area contributed by atoms with E-state index in [-0.39, 0.29) is 0 Å². The van der Waals surface area contributed by atoms with Crippen molar-refractivity contribution in [3.05, 3.63) is 0 Å². The number of unbranched alkanes of at least 4 members (excludes halogenated alkanes) is 5. The predicted molar refractivity (Wildman–Crippen MR) is 86.6 cm³/mol. The second-order valence-corrected chi connectivity index (χ2v) is 6.64. The minimum Gasteiger partial charge on any atom is -0.317 e. The highest BCUT2D eigenvalue weighted by Gasteiger charge is 2.16. The molecule has 1 unspecified atom stereocenters. The number of nitrogens with one attached hydrogen (secondary N) is 1. The van der Waals surface area contributed by atoms with E-state index < -0.39 is 0 Å². The van der Waals surface area contributed by atoms with Crippen molar-refractivity contribution >= 4 is 0 Å². The van der Waals surface area contributed by atoms with Crippen molar-refractivity contribution in [3.8, 4) is 0 Å². The maximum Gasteiger partial charge on any atom is 0.00667 e. The zero-order valence-electron chi connectivity index (χ0n) is 13.6. The molecule has 0 spiro atoms. The summed E-state index contributed by atoms with van der Waals surface area (Å²) < 4.78 is 0. The summed E-state index contributed by atoms with van der Waals surface area (Å²) in [6.45, 7) is 2.30. The van der Waals surface area contributed by atoms with Gasteiger partial charge >= 0.3 is 0 Å². The molecule has 1 heteroatoms. The summed E-state index contributed by atoms with van der Waals surface area (Å²) >= 11 is 0. The van der Waals surface area contributed by atoms with Gasteiger partial charge in [0.2, 0.25) is 0 Å². The Labute approximate surface area is 121 Å². The van der Waals surface area contributed by atoms with Crippen LogP contribution >= 0.6 is 0 Å². The van der Waals surface area contributed by atoms with E-state index in [1.54, 1.807) is 0 Å². The van der Waals surface area contributed by atoms with E-state index in [2.05, 4.69) is 19.3 Å². The van der Waals surface area contributed by atoms with Crippen molar-refractivity contribution in [2.24, 2.45) is 5.92 Å². The Kier molecular flexibility index (Phi) is 10.5. The molecule has 0 aromatic rings. The lowest BCUT2D eigenvalue weighted by Gasteiger charge is -2.22. The minimum atomic E-state index is 0.786. The van der Waals surface area contributed by atoms with Crippen LogP contribution in [0, 0.1) is 5.92 Å². The average molecular weight is 268 g/mol. The molecule has 114 valence electrons. The molecular formula is C18H37N. The largest absolute Gasteiger partial charge is 0.317 e. The lowest BCUT2D eigenvalue weighted by atomic mass is 9.90. The molecule has 0 amide bonds. The van der Waals surface area contributed by atoms with Crippen LogP contribution in [0.25, 0.3) is 0 Å². The second kappa shape index (κ2) is 11.8. The Hall–Kier alpha value is -0.0400. The number of rotatable bonds is 10. The predicted octanol–water partition coefficient (Wildman–Crippen LogP) is 5.69. The Morgan fingerprint density at radius 1 is 0.895 bits per heavy atom. The minimum absolute atomic E-state index is 0.786. The molecule has 0 heterocycles. The summed E-state index contributed by atoms with van der Waals surface area (Å²) in [6, 6.07) is 0.786. The third-order valence-electron chi connectivity index (χ3n) is 4.91. The Bertz CT molecular complexity index is 182. The van der Waals surface area contributed by atoms with Gasteiger partial charge in [-0.2, -0.15) is 0 Å². The summed E-state index contributed by atoms with van der Waals surface area (Å²) in [4.78, 5) is 0. The van der Waals surface area contributed by atoms with Gasteiger partial charge in [-0.15, -0.1) is 0 Å². The molecule has 1 nitrogen and oxygen atoms in total. The van der Waals surface area contributed by atoms with E-state index in [1.807, 2.05) is 0 Å². The normalized spacial score (nSPS) is 19.3. The molecule has 1 fully saturated rings. The van der Waals surface area contributed by atoms with E-state index in [0.29, 0.717) is 0 Å². The lowest BCUT2D eigenvalue weighted by molar-refractivity contribution is 0.344. The molecule has 1 atom stereocenters. The van der Waals surface area contributed by atoms with Crippen LogP contribution in [0.3, 0.4) is 0 Å². The first-order valence-electron chi connectivity index (χ1n) is 9.04. The summed E-state index contributed by atoms with van der Waals surface area (Å²) in [6.07, 6.45) is 20.3. The Balaban J connectivity index is 2.07. The van der Waals surface area contributed by atoms with E-state index in [9.17, 15) is 0 Å². The fraction of sp³-hybridized carbons (Fsp3) is 1.00. The molecule has 0 saturated heterocycles. The smallest absolute Gasteiger partial charge is 0.00667 e. The fourth-order valence-electron chi connectivity index (χ4n) is 3.55. The SMILES string of the molecule is CCCCCCCCC(CC1CCCCCC1)NC. The van der Waals surface area contributed by atoms with Gasteiger partial charge in [0, 0.05) is 6.04 Å².